The zero-order valence-electron chi connectivity index (χ0n) is 33.9. The molecule has 0 unspecified atom stereocenters. The number of para-hydroxylation sites is 3. The molecule has 1 aliphatic rings. The fourth-order valence-corrected chi connectivity index (χ4v) is 9.90. The molecule has 10 heteroatoms. The van der Waals surface area contributed by atoms with Crippen LogP contribution in [0.25, 0.3) is 89.2 Å². The molecule has 0 saturated carbocycles. The Morgan fingerprint density at radius 3 is 1.66 bits per heavy atom. The van der Waals surface area contributed by atoms with Gasteiger partial charge in [0, 0.05) is 43.8 Å². The van der Waals surface area contributed by atoms with E-state index in [1.54, 1.807) is 0 Å². The molecule has 10 aromatic rings. The Kier molecular flexibility index (Phi) is 7.47. The summed E-state index contributed by atoms with van der Waals surface area (Å²) in [4.78, 5) is 16.3. The molecule has 0 radical (unpaired) electrons. The molecule has 0 amide bonds. The first kappa shape index (κ1) is 34.7. The van der Waals surface area contributed by atoms with Crippen molar-refractivity contribution in [2.75, 3.05) is 0 Å². The molecule has 3 aromatic heterocycles. The molecular formula is C48H38B5N5. The fourth-order valence-electron chi connectivity index (χ4n) is 9.90. The Bertz CT molecular complexity index is 3360. The highest BCUT2D eigenvalue weighted by Crippen LogP contribution is 2.49. The topological polar surface area (TPSA) is 48.5 Å². The van der Waals surface area contributed by atoms with Crippen LogP contribution in [0, 0.1) is 0 Å². The van der Waals surface area contributed by atoms with Crippen LogP contribution in [0.3, 0.4) is 0 Å². The Morgan fingerprint density at radius 2 is 0.966 bits per heavy atom. The molecule has 0 aliphatic heterocycles. The van der Waals surface area contributed by atoms with Crippen LogP contribution in [-0.2, 0) is 5.41 Å². The summed E-state index contributed by atoms with van der Waals surface area (Å²) >= 11 is 0. The van der Waals surface area contributed by atoms with E-state index in [0.29, 0.717) is 17.6 Å². The molecule has 1 aliphatic carbocycles. The van der Waals surface area contributed by atoms with Gasteiger partial charge >= 0.3 is 0 Å². The normalized spacial score (nSPS) is 13.1. The third-order valence-corrected chi connectivity index (χ3v) is 13.4. The maximum Gasteiger partial charge on any atom is 0.238 e. The van der Waals surface area contributed by atoms with Gasteiger partial charge in [0.25, 0.3) is 0 Å². The Balaban J connectivity index is 1.23. The smallest absolute Gasteiger partial charge is 0.238 e. The van der Waals surface area contributed by atoms with E-state index in [0.717, 1.165) is 44.1 Å². The summed E-state index contributed by atoms with van der Waals surface area (Å²) in [5.41, 5.74) is 19.0. The third-order valence-electron chi connectivity index (χ3n) is 13.4. The van der Waals surface area contributed by atoms with E-state index in [9.17, 15) is 0 Å². The summed E-state index contributed by atoms with van der Waals surface area (Å²) in [7, 11) is 11.1. The van der Waals surface area contributed by atoms with E-state index in [1.807, 2.05) is 0 Å². The first-order chi connectivity index (χ1) is 28.1. The van der Waals surface area contributed by atoms with Crippen LogP contribution in [-0.4, -0.2) is 63.3 Å². The van der Waals surface area contributed by atoms with Crippen molar-refractivity contribution in [1.29, 1.82) is 0 Å². The molecule has 0 atom stereocenters. The van der Waals surface area contributed by atoms with Gasteiger partial charge in [0.2, 0.25) is 5.95 Å². The van der Waals surface area contributed by atoms with Gasteiger partial charge in [-0.15, -0.1) is 16.4 Å². The van der Waals surface area contributed by atoms with Crippen LogP contribution >= 0.6 is 0 Å². The second-order valence-electron chi connectivity index (χ2n) is 16.6. The lowest BCUT2D eigenvalue weighted by molar-refractivity contribution is 0.660. The van der Waals surface area contributed by atoms with Crippen LogP contribution in [0.4, 0.5) is 0 Å². The van der Waals surface area contributed by atoms with Crippen LogP contribution in [0.1, 0.15) is 25.0 Å². The highest BCUT2D eigenvalue weighted by molar-refractivity contribution is 6.68. The number of aromatic nitrogens is 5. The van der Waals surface area contributed by atoms with E-state index in [2.05, 4.69) is 196 Å². The minimum Gasteiger partial charge on any atom is -0.309 e. The molecule has 11 rings (SSSR count). The van der Waals surface area contributed by atoms with Crippen molar-refractivity contribution in [2.24, 2.45) is 0 Å². The second kappa shape index (κ2) is 12.5. The van der Waals surface area contributed by atoms with Crippen molar-refractivity contribution in [3.8, 4) is 45.5 Å². The third kappa shape index (κ3) is 4.81. The van der Waals surface area contributed by atoms with E-state index in [4.69, 9.17) is 15.0 Å². The van der Waals surface area contributed by atoms with Crippen molar-refractivity contribution < 1.29 is 0 Å². The van der Waals surface area contributed by atoms with Crippen LogP contribution in [0.15, 0.2) is 133 Å². The van der Waals surface area contributed by atoms with Gasteiger partial charge in [0.1, 0.15) is 39.2 Å². The monoisotopic (exact) mass is 739 g/mol. The minimum atomic E-state index is -0.0943. The van der Waals surface area contributed by atoms with Gasteiger partial charge in [-0.3, -0.25) is 4.57 Å². The first-order valence-electron chi connectivity index (χ1n) is 20.2. The van der Waals surface area contributed by atoms with Crippen molar-refractivity contribution in [3.05, 3.63) is 145 Å². The van der Waals surface area contributed by atoms with Crippen molar-refractivity contribution in [2.45, 2.75) is 19.3 Å². The SMILES string of the molecule is Bc1c(B)c(B)c(-c2nc(-c3ccc4c(c3)-c3ccccc3C4(C)C)nc(-n3c4ccccc4c4cc5c(cc43)c3ccccc3n5-c3ccccc3)n2)c(B)c1B. The second-order valence-corrected chi connectivity index (χ2v) is 16.6. The average molecular weight is 739 g/mol. The largest absolute Gasteiger partial charge is 0.309 e. The minimum absolute atomic E-state index is 0.0943. The van der Waals surface area contributed by atoms with E-state index in [-0.39, 0.29) is 5.41 Å². The summed E-state index contributed by atoms with van der Waals surface area (Å²) in [6.07, 6.45) is 0. The lowest BCUT2D eigenvalue weighted by Gasteiger charge is -2.21. The highest BCUT2D eigenvalue weighted by atomic mass is 15.2. The molecular weight excluding hydrogens is 701 g/mol. The van der Waals surface area contributed by atoms with Gasteiger partial charge in [0.15, 0.2) is 11.6 Å². The number of rotatable bonds is 4. The van der Waals surface area contributed by atoms with E-state index < -0.39 is 0 Å². The molecule has 58 heavy (non-hydrogen) atoms. The Hall–Kier alpha value is -6.53. The van der Waals surface area contributed by atoms with Crippen molar-refractivity contribution >= 4 is 110 Å². The molecule has 5 nitrogen and oxygen atoms in total. The lowest BCUT2D eigenvalue weighted by atomic mass is 9.60. The Morgan fingerprint density at radius 1 is 0.431 bits per heavy atom. The van der Waals surface area contributed by atoms with Crippen LogP contribution in [0.2, 0.25) is 0 Å². The maximum atomic E-state index is 5.47. The fraction of sp³-hybridized carbons (Fsp3) is 0.0625. The molecule has 0 N–H and O–H groups in total. The summed E-state index contributed by atoms with van der Waals surface area (Å²) in [6, 6.07) is 48.3. The van der Waals surface area contributed by atoms with Gasteiger partial charge in [-0.1, -0.05) is 116 Å². The number of benzene rings is 7. The standard InChI is InChI=1S/C48H38B5N5/c1-48(2)33-17-9-6-14-27(33)30-22-25(20-21-34(30)48)45-54-46(39-40(49)42(51)44(53)43(52)41(39)50)56-47(55-45)58-36-19-11-8-16-29(36)32-23-37-31(24-38(32)58)28-15-7-10-18-35(28)57(37)26-12-4-3-5-13-26/h3-24H,49-53H2,1-2H3. The van der Waals surface area contributed by atoms with Gasteiger partial charge in [0.05, 0.1) is 22.1 Å². The van der Waals surface area contributed by atoms with Crippen molar-refractivity contribution in [3.63, 3.8) is 0 Å². The van der Waals surface area contributed by atoms with E-state index >= 15 is 0 Å². The van der Waals surface area contributed by atoms with Gasteiger partial charge in [-0.2, -0.15) is 9.97 Å². The Labute approximate surface area is 342 Å². The van der Waals surface area contributed by atoms with E-state index in [1.165, 1.54) is 65.9 Å². The van der Waals surface area contributed by atoms with Gasteiger partial charge < -0.3 is 4.57 Å². The van der Waals surface area contributed by atoms with Gasteiger partial charge in [-0.05, 0) is 64.7 Å². The molecule has 0 fully saturated rings. The molecule has 0 saturated heterocycles. The summed E-state index contributed by atoms with van der Waals surface area (Å²) in [5.74, 6) is 1.95. The molecule has 270 valence electrons. The molecule has 0 bridgehead atoms. The number of hydrogen-bond donors (Lipinski definition) is 0. The predicted molar refractivity (Wildman–Crippen MR) is 258 cm³/mol. The quantitative estimate of drug-likeness (QED) is 0.261. The molecule has 0 spiro atoms. The zero-order chi connectivity index (χ0) is 39.6. The van der Waals surface area contributed by atoms with Crippen LogP contribution < -0.4 is 27.3 Å². The summed E-state index contributed by atoms with van der Waals surface area (Å²) < 4.78 is 4.65. The summed E-state index contributed by atoms with van der Waals surface area (Å²) in [6.45, 7) is 4.64. The number of fused-ring (bicyclic) bond motifs is 9. The molecule has 3 heterocycles. The summed E-state index contributed by atoms with van der Waals surface area (Å²) in [5, 5.41) is 4.69. The lowest BCUT2D eigenvalue weighted by Crippen LogP contribution is -2.55. The zero-order valence-corrected chi connectivity index (χ0v) is 33.9. The first-order valence-corrected chi connectivity index (χ1v) is 20.2. The number of hydrogen-bond acceptors (Lipinski definition) is 3. The molecule has 7 aromatic carbocycles. The van der Waals surface area contributed by atoms with Crippen LogP contribution in [0.5, 0.6) is 0 Å². The average Bonchev–Trinajstić information content (AvgIpc) is 3.84. The predicted octanol–water partition coefficient (Wildman–Crippen LogP) is 3.00. The van der Waals surface area contributed by atoms with Gasteiger partial charge in [-0.25, -0.2) is 4.98 Å². The van der Waals surface area contributed by atoms with Crippen molar-refractivity contribution in [1.82, 2.24) is 24.1 Å². The highest BCUT2D eigenvalue weighted by Gasteiger charge is 2.35. The number of nitrogens with zero attached hydrogens (tertiary/aromatic N) is 5. The maximum absolute atomic E-state index is 5.47.